The summed E-state index contributed by atoms with van der Waals surface area (Å²) in [7, 11) is 1.72. The second-order valence-electron chi connectivity index (χ2n) is 4.20. The molecule has 1 heterocycles. The lowest BCUT2D eigenvalue weighted by Gasteiger charge is -2.10. The minimum absolute atomic E-state index is 0.239. The number of pyridine rings is 1. The highest BCUT2D eigenvalue weighted by Gasteiger charge is 2.11. The van der Waals surface area contributed by atoms with Crippen LogP contribution >= 0.6 is 27.5 Å². The van der Waals surface area contributed by atoms with Crippen molar-refractivity contribution in [2.24, 2.45) is 0 Å². The zero-order chi connectivity index (χ0) is 14.7. The molecule has 0 fully saturated rings. The normalized spacial score (nSPS) is 10.2. The molecule has 0 spiro atoms. The quantitative estimate of drug-likeness (QED) is 0.816. The highest BCUT2D eigenvalue weighted by molar-refractivity contribution is 9.10. The Hall–Kier alpha value is -1.59. The molecule has 104 valence electrons. The highest BCUT2D eigenvalue weighted by Crippen LogP contribution is 2.26. The van der Waals surface area contributed by atoms with E-state index in [1.54, 1.807) is 13.1 Å². The van der Waals surface area contributed by atoms with Gasteiger partial charge in [-0.05, 0) is 46.6 Å². The number of carbonyl (C=O) groups is 1. The third-order valence-electron chi connectivity index (χ3n) is 2.75. The van der Waals surface area contributed by atoms with Crippen LogP contribution in [0, 0.1) is 6.92 Å². The molecule has 1 amide bonds. The Labute approximate surface area is 130 Å². The maximum absolute atomic E-state index is 12.3. The van der Waals surface area contributed by atoms with Crippen LogP contribution in [0.25, 0.3) is 0 Å². The Morgan fingerprint density at radius 1 is 1.35 bits per heavy atom. The smallest absolute Gasteiger partial charge is 0.255 e. The molecule has 4 nitrogen and oxygen atoms in total. The van der Waals surface area contributed by atoms with Gasteiger partial charge >= 0.3 is 0 Å². The van der Waals surface area contributed by atoms with Crippen molar-refractivity contribution in [3.05, 3.63) is 51.1 Å². The molecular formula is C14H13BrClN3O. The molecule has 0 radical (unpaired) electrons. The summed E-state index contributed by atoms with van der Waals surface area (Å²) < 4.78 is 0.863. The van der Waals surface area contributed by atoms with Gasteiger partial charge < -0.3 is 10.6 Å². The van der Waals surface area contributed by atoms with Gasteiger partial charge in [0.05, 0.1) is 5.69 Å². The molecule has 0 saturated carbocycles. The van der Waals surface area contributed by atoms with E-state index in [0.29, 0.717) is 17.1 Å². The largest absolute Gasteiger partial charge is 0.373 e. The van der Waals surface area contributed by atoms with Crippen LogP contribution in [0.2, 0.25) is 5.15 Å². The van der Waals surface area contributed by atoms with Crippen molar-refractivity contribution in [2.75, 3.05) is 17.7 Å². The first-order valence-corrected chi connectivity index (χ1v) is 7.10. The zero-order valence-corrected chi connectivity index (χ0v) is 13.3. The molecule has 6 heteroatoms. The van der Waals surface area contributed by atoms with Crippen molar-refractivity contribution >= 4 is 44.9 Å². The average molecular weight is 355 g/mol. The summed E-state index contributed by atoms with van der Waals surface area (Å²) >= 11 is 9.35. The first-order valence-electron chi connectivity index (χ1n) is 5.93. The number of benzene rings is 1. The predicted octanol–water partition coefficient (Wildman–Crippen LogP) is 4.10. The molecule has 0 unspecified atom stereocenters. The lowest BCUT2D eigenvalue weighted by molar-refractivity contribution is 0.102. The van der Waals surface area contributed by atoms with Crippen LogP contribution in [-0.4, -0.2) is 17.9 Å². The first-order chi connectivity index (χ1) is 9.51. The van der Waals surface area contributed by atoms with Crippen LogP contribution in [0.15, 0.2) is 34.8 Å². The summed E-state index contributed by atoms with van der Waals surface area (Å²) in [5, 5.41) is 5.98. The molecule has 2 N–H and O–H groups in total. The topological polar surface area (TPSA) is 54.0 Å². The number of hydrogen-bond donors (Lipinski definition) is 2. The molecule has 2 aromatic rings. The number of nitrogens with one attached hydrogen (secondary N) is 2. The van der Waals surface area contributed by atoms with E-state index in [9.17, 15) is 4.79 Å². The molecular weight excluding hydrogens is 342 g/mol. The maximum atomic E-state index is 12.3. The van der Waals surface area contributed by atoms with Crippen molar-refractivity contribution in [2.45, 2.75) is 6.92 Å². The minimum Gasteiger partial charge on any atom is -0.373 e. The van der Waals surface area contributed by atoms with Gasteiger partial charge in [0.25, 0.3) is 5.91 Å². The Balaban J connectivity index is 2.28. The molecule has 0 bridgehead atoms. The van der Waals surface area contributed by atoms with Crippen LogP contribution in [-0.2, 0) is 0 Å². The Bertz CT molecular complexity index is 661. The lowest BCUT2D eigenvalue weighted by atomic mass is 10.2. The van der Waals surface area contributed by atoms with E-state index in [4.69, 9.17) is 11.6 Å². The van der Waals surface area contributed by atoms with Gasteiger partial charge in [-0.1, -0.05) is 23.7 Å². The summed E-state index contributed by atoms with van der Waals surface area (Å²) in [6.07, 6.45) is 0. The van der Waals surface area contributed by atoms with Crippen molar-refractivity contribution in [3.63, 3.8) is 0 Å². The molecule has 0 atom stereocenters. The number of halogens is 2. The standard InChI is InChI=1S/C14H13BrClN3O/c1-8-4-3-5-10(13(8)15)18-14(20)9-6-11(16)19-12(7-9)17-2/h3-7H,1-2H3,(H,17,19)(H,18,20). The molecule has 20 heavy (non-hydrogen) atoms. The Morgan fingerprint density at radius 2 is 2.10 bits per heavy atom. The lowest BCUT2D eigenvalue weighted by Crippen LogP contribution is -2.13. The van der Waals surface area contributed by atoms with Crippen LogP contribution in [0.3, 0.4) is 0 Å². The monoisotopic (exact) mass is 353 g/mol. The number of carbonyl (C=O) groups excluding carboxylic acids is 1. The number of aryl methyl sites for hydroxylation is 1. The highest BCUT2D eigenvalue weighted by atomic mass is 79.9. The summed E-state index contributed by atoms with van der Waals surface area (Å²) in [6, 6.07) is 8.85. The average Bonchev–Trinajstić information content (AvgIpc) is 2.43. The van der Waals surface area contributed by atoms with E-state index in [0.717, 1.165) is 10.0 Å². The SMILES string of the molecule is CNc1cc(C(=O)Nc2cccc(C)c2Br)cc(Cl)n1. The fourth-order valence-electron chi connectivity index (χ4n) is 1.69. The van der Waals surface area contributed by atoms with Gasteiger partial charge in [-0.2, -0.15) is 0 Å². The molecule has 0 aliphatic carbocycles. The van der Waals surface area contributed by atoms with Crippen LogP contribution < -0.4 is 10.6 Å². The molecule has 0 aliphatic rings. The molecule has 2 rings (SSSR count). The number of amides is 1. The van der Waals surface area contributed by atoms with Gasteiger partial charge in [0.2, 0.25) is 0 Å². The third-order valence-corrected chi connectivity index (χ3v) is 4.00. The van der Waals surface area contributed by atoms with E-state index in [1.165, 1.54) is 6.07 Å². The van der Waals surface area contributed by atoms with Crippen molar-refractivity contribution in [3.8, 4) is 0 Å². The van der Waals surface area contributed by atoms with Crippen LogP contribution in [0.4, 0.5) is 11.5 Å². The van der Waals surface area contributed by atoms with Gasteiger partial charge in [0, 0.05) is 17.1 Å². The van der Waals surface area contributed by atoms with E-state index in [-0.39, 0.29) is 11.1 Å². The number of rotatable bonds is 3. The number of anilines is 2. The fraction of sp³-hybridized carbons (Fsp3) is 0.143. The second-order valence-corrected chi connectivity index (χ2v) is 5.38. The predicted molar refractivity (Wildman–Crippen MR) is 85.6 cm³/mol. The van der Waals surface area contributed by atoms with E-state index in [2.05, 4.69) is 31.5 Å². The first kappa shape index (κ1) is 14.8. The van der Waals surface area contributed by atoms with Crippen molar-refractivity contribution in [1.29, 1.82) is 0 Å². The van der Waals surface area contributed by atoms with Crippen molar-refractivity contribution in [1.82, 2.24) is 4.98 Å². The van der Waals surface area contributed by atoms with Crippen LogP contribution in [0.5, 0.6) is 0 Å². The van der Waals surface area contributed by atoms with Gasteiger partial charge in [-0.3, -0.25) is 4.79 Å². The summed E-state index contributed by atoms with van der Waals surface area (Å²) in [4.78, 5) is 16.3. The Kier molecular flexibility index (Phi) is 4.62. The number of nitrogens with zero attached hydrogens (tertiary/aromatic N) is 1. The van der Waals surface area contributed by atoms with E-state index >= 15 is 0 Å². The molecule has 0 saturated heterocycles. The van der Waals surface area contributed by atoms with Crippen molar-refractivity contribution < 1.29 is 4.79 Å². The maximum Gasteiger partial charge on any atom is 0.255 e. The van der Waals surface area contributed by atoms with E-state index in [1.807, 2.05) is 25.1 Å². The van der Waals surface area contributed by atoms with Crippen LogP contribution in [0.1, 0.15) is 15.9 Å². The minimum atomic E-state index is -0.239. The number of aromatic nitrogens is 1. The zero-order valence-electron chi connectivity index (χ0n) is 11.0. The second kappa shape index (κ2) is 6.24. The molecule has 0 aliphatic heterocycles. The van der Waals surface area contributed by atoms with E-state index < -0.39 is 0 Å². The van der Waals surface area contributed by atoms with Gasteiger partial charge in [-0.25, -0.2) is 4.98 Å². The van der Waals surface area contributed by atoms with Gasteiger partial charge in [-0.15, -0.1) is 0 Å². The Morgan fingerprint density at radius 3 is 2.80 bits per heavy atom. The molecule has 1 aromatic heterocycles. The van der Waals surface area contributed by atoms with Gasteiger partial charge in [0.15, 0.2) is 0 Å². The fourth-order valence-corrected chi connectivity index (χ4v) is 2.27. The third kappa shape index (κ3) is 3.29. The van der Waals surface area contributed by atoms with Gasteiger partial charge in [0.1, 0.15) is 11.0 Å². The summed E-state index contributed by atoms with van der Waals surface area (Å²) in [6.45, 7) is 1.96. The number of hydrogen-bond acceptors (Lipinski definition) is 3. The summed E-state index contributed by atoms with van der Waals surface area (Å²) in [5.41, 5.74) is 2.21. The molecule has 1 aromatic carbocycles. The summed E-state index contributed by atoms with van der Waals surface area (Å²) in [5.74, 6) is 0.308.